The zero-order valence-corrected chi connectivity index (χ0v) is 15.8. The first-order valence-electron chi connectivity index (χ1n) is 7.16. The van der Waals surface area contributed by atoms with Crippen molar-refractivity contribution in [2.45, 2.75) is 25.0 Å². The third-order valence-electron chi connectivity index (χ3n) is 4.28. The van der Waals surface area contributed by atoms with E-state index in [0.29, 0.717) is 6.61 Å². The highest BCUT2D eigenvalue weighted by molar-refractivity contribution is 9.10. The molecule has 7 heteroatoms. The fraction of sp³-hybridized carbons (Fsp3) is 0.533. The molecule has 0 aliphatic heterocycles. The molecule has 1 aromatic carbocycles. The first kappa shape index (κ1) is 17.8. The molecule has 0 heterocycles. The highest BCUT2D eigenvalue weighted by atomic mass is 79.9. The molecule has 1 aliphatic rings. The van der Waals surface area contributed by atoms with Gasteiger partial charge in [0.15, 0.2) is 9.84 Å². The Labute approximate surface area is 145 Å². The number of ether oxygens (including phenoxy) is 1. The summed E-state index contributed by atoms with van der Waals surface area (Å²) in [6.07, 6.45) is 0. The Balaban J connectivity index is 2.48. The molecule has 0 bridgehead atoms. The first-order chi connectivity index (χ1) is 10.3. The van der Waals surface area contributed by atoms with Crippen molar-refractivity contribution in [2.75, 3.05) is 19.0 Å². The first-order valence-corrected chi connectivity index (χ1v) is 10.1. The number of sulfone groups is 1. The second kappa shape index (κ2) is 6.55. The van der Waals surface area contributed by atoms with Crippen molar-refractivity contribution in [3.05, 3.63) is 34.3 Å². The molecule has 0 amide bonds. The van der Waals surface area contributed by atoms with Crippen molar-refractivity contribution in [3.63, 3.8) is 0 Å². The molecule has 0 spiro atoms. The van der Waals surface area contributed by atoms with E-state index in [0.717, 1.165) is 10.0 Å². The number of hydrogen-bond acceptors (Lipinski definition) is 4. The van der Waals surface area contributed by atoms with Crippen molar-refractivity contribution in [1.29, 1.82) is 0 Å². The molecule has 1 fully saturated rings. The van der Waals surface area contributed by atoms with Crippen molar-refractivity contribution in [1.82, 2.24) is 0 Å². The minimum atomic E-state index is -3.27. The summed E-state index contributed by atoms with van der Waals surface area (Å²) in [4.78, 5) is 0.218. The van der Waals surface area contributed by atoms with Crippen molar-refractivity contribution in [3.8, 4) is 0 Å². The van der Waals surface area contributed by atoms with Crippen LogP contribution in [0.2, 0.25) is 0 Å². The second-order valence-electron chi connectivity index (χ2n) is 5.44. The van der Waals surface area contributed by atoms with E-state index < -0.39 is 20.5 Å². The molecule has 0 unspecified atom stereocenters. The van der Waals surface area contributed by atoms with Gasteiger partial charge in [0.2, 0.25) is 0 Å². The maximum atomic E-state index is 12.5. The van der Waals surface area contributed by atoms with Crippen LogP contribution in [0.25, 0.3) is 0 Å². The van der Waals surface area contributed by atoms with Gasteiger partial charge in [0, 0.05) is 22.8 Å². The molecule has 1 aromatic rings. The SMILES string of the molecule is CCOC[C@]1(C(N)=S)[C@@H](c2ccc(Br)cc2)[C@@H]1S(=O)(=O)CC. The summed E-state index contributed by atoms with van der Waals surface area (Å²) in [6.45, 7) is 4.25. The van der Waals surface area contributed by atoms with Gasteiger partial charge in [0.05, 0.1) is 22.3 Å². The molecule has 122 valence electrons. The van der Waals surface area contributed by atoms with E-state index in [9.17, 15) is 8.42 Å². The minimum absolute atomic E-state index is 0.0706. The van der Waals surface area contributed by atoms with Crippen LogP contribution in [0, 0.1) is 5.41 Å². The molecule has 1 saturated carbocycles. The van der Waals surface area contributed by atoms with Crippen LogP contribution in [0.3, 0.4) is 0 Å². The van der Waals surface area contributed by atoms with Gasteiger partial charge in [-0.15, -0.1) is 0 Å². The van der Waals surface area contributed by atoms with E-state index in [1.165, 1.54) is 0 Å². The summed E-state index contributed by atoms with van der Waals surface area (Å²) in [6, 6.07) is 7.63. The average Bonchev–Trinajstić information content (AvgIpc) is 3.17. The average molecular weight is 406 g/mol. The van der Waals surface area contributed by atoms with Crippen molar-refractivity contribution >= 4 is 43.0 Å². The standard InChI is InChI=1S/C15H20BrNO3S2/c1-3-20-9-15(14(17)21)12(13(15)22(18,19)4-2)10-5-7-11(16)8-6-10/h5-8,12-13H,3-4,9H2,1-2H3,(H2,17,21)/t12-,13-,15-/m0/s1. The Kier molecular flexibility index (Phi) is 5.31. The Morgan fingerprint density at radius 2 is 1.95 bits per heavy atom. The maximum absolute atomic E-state index is 12.5. The van der Waals surface area contributed by atoms with Crippen LogP contribution in [0.5, 0.6) is 0 Å². The van der Waals surface area contributed by atoms with E-state index in [1.54, 1.807) is 6.92 Å². The molecular formula is C15H20BrNO3S2. The molecule has 1 aliphatic carbocycles. The highest BCUT2D eigenvalue weighted by Gasteiger charge is 2.72. The van der Waals surface area contributed by atoms with Gasteiger partial charge in [-0.1, -0.05) is 47.2 Å². The van der Waals surface area contributed by atoms with Gasteiger partial charge in [0.25, 0.3) is 0 Å². The lowest BCUT2D eigenvalue weighted by molar-refractivity contribution is 0.121. The summed E-state index contributed by atoms with van der Waals surface area (Å²) in [5.41, 5.74) is 6.08. The van der Waals surface area contributed by atoms with Crippen LogP contribution in [-0.2, 0) is 14.6 Å². The summed E-state index contributed by atoms with van der Waals surface area (Å²) in [5, 5.41) is -0.602. The van der Waals surface area contributed by atoms with Crippen molar-refractivity contribution < 1.29 is 13.2 Å². The predicted molar refractivity (Wildman–Crippen MR) is 95.8 cm³/mol. The topological polar surface area (TPSA) is 69.4 Å². The highest BCUT2D eigenvalue weighted by Crippen LogP contribution is 2.63. The van der Waals surface area contributed by atoms with E-state index >= 15 is 0 Å². The summed E-state index contributed by atoms with van der Waals surface area (Å²) >= 11 is 8.62. The predicted octanol–water partition coefficient (Wildman–Crippen LogP) is 2.66. The van der Waals surface area contributed by atoms with Crippen LogP contribution in [0.1, 0.15) is 25.3 Å². The zero-order valence-electron chi connectivity index (χ0n) is 12.6. The monoisotopic (exact) mass is 405 g/mol. The van der Waals surface area contributed by atoms with Crippen LogP contribution in [-0.4, -0.2) is 37.6 Å². The van der Waals surface area contributed by atoms with Gasteiger partial charge < -0.3 is 10.5 Å². The molecule has 4 nitrogen and oxygen atoms in total. The fourth-order valence-electron chi connectivity index (χ4n) is 3.06. The molecule has 0 radical (unpaired) electrons. The van der Waals surface area contributed by atoms with Gasteiger partial charge in [0.1, 0.15) is 0 Å². The van der Waals surface area contributed by atoms with Crippen molar-refractivity contribution in [2.24, 2.45) is 11.1 Å². The molecule has 3 atom stereocenters. The van der Waals surface area contributed by atoms with Gasteiger partial charge in [-0.3, -0.25) is 0 Å². The Hall–Kier alpha value is -0.500. The van der Waals surface area contributed by atoms with Gasteiger partial charge in [-0.2, -0.15) is 0 Å². The molecule has 0 aromatic heterocycles. The van der Waals surface area contributed by atoms with Gasteiger partial charge >= 0.3 is 0 Å². The normalized spacial score (nSPS) is 27.6. The summed E-state index contributed by atoms with van der Waals surface area (Å²) < 4.78 is 31.5. The molecule has 22 heavy (non-hydrogen) atoms. The van der Waals surface area contributed by atoms with Gasteiger partial charge in [-0.25, -0.2) is 8.42 Å². The van der Waals surface area contributed by atoms with Crippen LogP contribution < -0.4 is 5.73 Å². The Morgan fingerprint density at radius 3 is 2.41 bits per heavy atom. The lowest BCUT2D eigenvalue weighted by Gasteiger charge is -2.16. The van der Waals surface area contributed by atoms with E-state index in [2.05, 4.69) is 15.9 Å². The van der Waals surface area contributed by atoms with Crippen LogP contribution in [0.15, 0.2) is 28.7 Å². The number of thiocarbonyl (C=S) groups is 1. The number of nitrogens with two attached hydrogens (primary N) is 1. The lowest BCUT2D eigenvalue weighted by Crippen LogP contribution is -2.34. The Morgan fingerprint density at radius 1 is 1.36 bits per heavy atom. The van der Waals surface area contributed by atoms with E-state index in [4.69, 9.17) is 22.7 Å². The second-order valence-corrected chi connectivity index (χ2v) is 9.21. The smallest absolute Gasteiger partial charge is 0.154 e. The maximum Gasteiger partial charge on any atom is 0.154 e. The molecule has 2 N–H and O–H groups in total. The minimum Gasteiger partial charge on any atom is -0.393 e. The number of benzene rings is 1. The largest absolute Gasteiger partial charge is 0.393 e. The van der Waals surface area contributed by atoms with E-state index in [-0.39, 0.29) is 23.3 Å². The quantitative estimate of drug-likeness (QED) is 0.706. The molecular weight excluding hydrogens is 386 g/mol. The lowest BCUT2D eigenvalue weighted by atomic mass is 10.00. The summed E-state index contributed by atoms with van der Waals surface area (Å²) in [5.74, 6) is -0.170. The zero-order chi connectivity index (χ0) is 16.5. The van der Waals surface area contributed by atoms with Crippen LogP contribution >= 0.6 is 28.1 Å². The molecule has 0 saturated heterocycles. The van der Waals surface area contributed by atoms with Gasteiger partial charge in [-0.05, 0) is 24.6 Å². The number of rotatable bonds is 7. The van der Waals surface area contributed by atoms with E-state index in [1.807, 2.05) is 31.2 Å². The third kappa shape index (κ3) is 2.96. The molecule has 2 rings (SSSR count). The number of halogens is 1. The van der Waals surface area contributed by atoms with Crippen LogP contribution in [0.4, 0.5) is 0 Å². The number of hydrogen-bond donors (Lipinski definition) is 1. The summed E-state index contributed by atoms with van der Waals surface area (Å²) in [7, 11) is -3.27. The third-order valence-corrected chi connectivity index (χ3v) is 7.46. The fourth-order valence-corrected chi connectivity index (χ4v) is 5.79. The Bertz CT molecular complexity index is 660.